The Morgan fingerprint density at radius 3 is 2.65 bits per heavy atom. The lowest BCUT2D eigenvalue weighted by Crippen LogP contribution is -2.15. The molecule has 0 aliphatic carbocycles. The van der Waals surface area contributed by atoms with Crippen molar-refractivity contribution in [1.82, 2.24) is 4.98 Å². The number of unbranched alkanes of at least 4 members (excludes halogenated alkanes) is 1. The highest BCUT2D eigenvalue weighted by Crippen LogP contribution is 2.42. The predicted molar refractivity (Wildman–Crippen MR) is 95.6 cm³/mol. The molecular formula is C15H23N3O3S2. The van der Waals surface area contributed by atoms with Gasteiger partial charge in [0.1, 0.15) is 17.0 Å². The van der Waals surface area contributed by atoms with Crippen molar-refractivity contribution < 1.29 is 9.72 Å². The maximum Gasteiger partial charge on any atom is 0.287 e. The molecule has 23 heavy (non-hydrogen) atoms. The van der Waals surface area contributed by atoms with Crippen molar-refractivity contribution >= 4 is 33.1 Å². The first kappa shape index (κ1) is 19.9. The fourth-order valence-corrected chi connectivity index (χ4v) is 3.95. The average molecular weight is 358 g/mol. The number of nitrogens with zero attached hydrogens (tertiary/aromatic N) is 2. The molecule has 0 spiro atoms. The van der Waals surface area contributed by atoms with Crippen molar-refractivity contribution in [2.75, 3.05) is 6.54 Å². The highest BCUT2D eigenvalue weighted by atomic mass is 33.1. The Hall–Kier alpha value is -1.12. The summed E-state index contributed by atoms with van der Waals surface area (Å²) in [6.45, 7) is 4.81. The summed E-state index contributed by atoms with van der Waals surface area (Å²) in [7, 11) is 3.10. The minimum Gasteiger partial charge on any atom is -0.330 e. The zero-order valence-corrected chi connectivity index (χ0v) is 15.1. The number of hydrogen-bond donors (Lipinski definition) is 1. The minimum absolute atomic E-state index is 0.0123. The number of nitro groups is 1. The summed E-state index contributed by atoms with van der Waals surface area (Å²) >= 11 is 0. The molecule has 1 aromatic rings. The van der Waals surface area contributed by atoms with Crippen molar-refractivity contribution in [2.45, 2.75) is 55.7 Å². The quantitative estimate of drug-likeness (QED) is 0.277. The van der Waals surface area contributed by atoms with Crippen molar-refractivity contribution in [2.24, 2.45) is 5.73 Å². The van der Waals surface area contributed by atoms with Gasteiger partial charge in [-0.1, -0.05) is 10.8 Å². The summed E-state index contributed by atoms with van der Waals surface area (Å²) in [4.78, 5) is 26.0. The third-order valence-electron chi connectivity index (χ3n) is 3.20. The highest BCUT2D eigenvalue weighted by Gasteiger charge is 2.21. The number of aromatic nitrogens is 1. The Morgan fingerprint density at radius 2 is 2.09 bits per heavy atom. The van der Waals surface area contributed by atoms with Gasteiger partial charge in [0.2, 0.25) is 0 Å². The van der Waals surface area contributed by atoms with E-state index < -0.39 is 4.92 Å². The minimum atomic E-state index is -0.463. The summed E-state index contributed by atoms with van der Waals surface area (Å²) in [5, 5.41) is 11.3. The van der Waals surface area contributed by atoms with Gasteiger partial charge in [0.05, 0.1) is 4.92 Å². The number of nitrogens with two attached hydrogens (primary N) is 1. The molecule has 0 aliphatic rings. The second-order valence-corrected chi connectivity index (χ2v) is 8.68. The number of Topliss-reactive ketones (excluding diaryl/α,β-unsaturated/α-hetero) is 1. The maximum atomic E-state index is 11.8. The van der Waals surface area contributed by atoms with Gasteiger partial charge < -0.3 is 5.73 Å². The molecular weight excluding hydrogens is 334 g/mol. The molecule has 0 unspecified atom stereocenters. The Labute approximate surface area is 144 Å². The lowest BCUT2D eigenvalue weighted by molar-refractivity contribution is -0.385. The Kier molecular flexibility index (Phi) is 8.57. The van der Waals surface area contributed by atoms with Crippen LogP contribution in [0, 0.1) is 10.1 Å². The van der Waals surface area contributed by atoms with E-state index in [-0.39, 0.29) is 16.2 Å². The molecule has 0 saturated carbocycles. The first-order valence-corrected chi connectivity index (χ1v) is 9.67. The standard InChI is InChI=1S/C15H23N3O3S2/c1-15(2,9-8-13(19)5-3-4-10-16)23-22-14-7-6-12(11-17-14)18(20)21/h6-7,11H,3-5,8-10,16H2,1-2H3. The monoisotopic (exact) mass is 357 g/mol. The summed E-state index contributed by atoms with van der Waals surface area (Å²) in [6, 6.07) is 3.09. The zero-order chi connectivity index (χ0) is 17.3. The Morgan fingerprint density at radius 1 is 1.35 bits per heavy atom. The average Bonchev–Trinajstić information content (AvgIpc) is 2.52. The molecule has 2 N–H and O–H groups in total. The van der Waals surface area contributed by atoms with Gasteiger partial charge in [0, 0.05) is 23.7 Å². The molecule has 0 bridgehead atoms. The lowest BCUT2D eigenvalue weighted by Gasteiger charge is -2.22. The predicted octanol–water partition coefficient (Wildman–Crippen LogP) is 3.99. The topological polar surface area (TPSA) is 99.1 Å². The van der Waals surface area contributed by atoms with Gasteiger partial charge in [-0.2, -0.15) is 0 Å². The van der Waals surface area contributed by atoms with E-state index >= 15 is 0 Å². The van der Waals surface area contributed by atoms with Crippen LogP contribution in [0.15, 0.2) is 23.4 Å². The Bertz CT molecular complexity index is 521. The molecule has 0 amide bonds. The number of carbonyl (C=O) groups excluding carboxylic acids is 1. The van der Waals surface area contributed by atoms with E-state index in [2.05, 4.69) is 18.8 Å². The molecule has 128 valence electrons. The van der Waals surface area contributed by atoms with Crippen LogP contribution in [-0.4, -0.2) is 27.0 Å². The van der Waals surface area contributed by atoms with Crippen LogP contribution in [0.3, 0.4) is 0 Å². The third-order valence-corrected chi connectivity index (χ3v) is 6.47. The SMILES string of the molecule is CC(C)(CCC(=O)CCCCN)SSc1ccc([N+](=O)[O-])cn1. The molecule has 0 fully saturated rings. The normalized spacial score (nSPS) is 11.4. The first-order chi connectivity index (χ1) is 10.8. The van der Waals surface area contributed by atoms with Crippen LogP contribution in [0.2, 0.25) is 0 Å². The molecule has 0 radical (unpaired) electrons. The summed E-state index contributed by atoms with van der Waals surface area (Å²) in [6.07, 6.45) is 4.99. The molecule has 1 rings (SSSR count). The van der Waals surface area contributed by atoms with Crippen LogP contribution < -0.4 is 5.73 Å². The highest BCUT2D eigenvalue weighted by molar-refractivity contribution is 8.77. The van der Waals surface area contributed by atoms with Crippen molar-refractivity contribution in [3.63, 3.8) is 0 Å². The van der Waals surface area contributed by atoms with E-state index in [1.807, 2.05) is 0 Å². The number of ketones is 1. The summed E-state index contributed by atoms with van der Waals surface area (Å²) in [5.74, 6) is 0.283. The van der Waals surface area contributed by atoms with E-state index in [0.29, 0.717) is 19.4 Å². The summed E-state index contributed by atoms with van der Waals surface area (Å²) < 4.78 is -0.0718. The fraction of sp³-hybridized carbons (Fsp3) is 0.600. The zero-order valence-electron chi connectivity index (χ0n) is 13.5. The first-order valence-electron chi connectivity index (χ1n) is 7.52. The number of carbonyl (C=O) groups is 1. The molecule has 8 heteroatoms. The van der Waals surface area contributed by atoms with E-state index in [0.717, 1.165) is 24.3 Å². The second kappa shape index (κ2) is 9.89. The summed E-state index contributed by atoms with van der Waals surface area (Å²) in [5.41, 5.74) is 5.41. The molecule has 0 atom stereocenters. The van der Waals surface area contributed by atoms with Gasteiger partial charge >= 0.3 is 0 Å². The van der Waals surface area contributed by atoms with Crippen molar-refractivity contribution in [3.8, 4) is 0 Å². The lowest BCUT2D eigenvalue weighted by atomic mass is 10.0. The molecule has 1 aromatic heterocycles. The maximum absolute atomic E-state index is 11.8. The van der Waals surface area contributed by atoms with Gasteiger partial charge in [-0.25, -0.2) is 4.98 Å². The third kappa shape index (κ3) is 8.34. The van der Waals surface area contributed by atoms with E-state index in [1.54, 1.807) is 16.9 Å². The van der Waals surface area contributed by atoms with E-state index in [4.69, 9.17) is 5.73 Å². The smallest absolute Gasteiger partial charge is 0.287 e. The molecule has 0 saturated heterocycles. The number of rotatable bonds is 11. The van der Waals surface area contributed by atoms with Gasteiger partial charge in [-0.15, -0.1) is 0 Å². The van der Waals surface area contributed by atoms with Crippen LogP contribution in [0.25, 0.3) is 0 Å². The molecule has 0 aromatic carbocycles. The molecule has 6 nitrogen and oxygen atoms in total. The second-order valence-electron chi connectivity index (χ2n) is 5.82. The van der Waals surface area contributed by atoms with Crippen LogP contribution in [0.1, 0.15) is 46.0 Å². The van der Waals surface area contributed by atoms with E-state index in [1.165, 1.54) is 23.1 Å². The van der Waals surface area contributed by atoms with E-state index in [9.17, 15) is 14.9 Å². The van der Waals surface area contributed by atoms with Gasteiger partial charge in [-0.05, 0) is 56.5 Å². The largest absolute Gasteiger partial charge is 0.330 e. The van der Waals surface area contributed by atoms with Gasteiger partial charge in [0.25, 0.3) is 5.69 Å². The van der Waals surface area contributed by atoms with Gasteiger partial charge in [-0.3, -0.25) is 14.9 Å². The van der Waals surface area contributed by atoms with Gasteiger partial charge in [0.15, 0.2) is 0 Å². The van der Waals surface area contributed by atoms with Crippen LogP contribution in [0.4, 0.5) is 5.69 Å². The van der Waals surface area contributed by atoms with Crippen LogP contribution in [0.5, 0.6) is 0 Å². The Balaban J connectivity index is 2.36. The molecule has 1 heterocycles. The number of hydrogen-bond acceptors (Lipinski definition) is 7. The fourth-order valence-electron chi connectivity index (χ4n) is 1.76. The van der Waals surface area contributed by atoms with Crippen molar-refractivity contribution in [1.29, 1.82) is 0 Å². The van der Waals surface area contributed by atoms with Crippen molar-refractivity contribution in [3.05, 3.63) is 28.4 Å². The van der Waals surface area contributed by atoms with Crippen LogP contribution in [-0.2, 0) is 4.79 Å². The van der Waals surface area contributed by atoms with Crippen LogP contribution >= 0.6 is 21.6 Å². The number of pyridine rings is 1. The molecule has 0 aliphatic heterocycles.